The normalized spacial score (nSPS) is 14.7. The van der Waals surface area contributed by atoms with Crippen molar-refractivity contribution in [2.45, 2.75) is 32.0 Å². The molecule has 0 aliphatic rings. The largest absolute Gasteiger partial charge is 0.480 e. The summed E-state index contributed by atoms with van der Waals surface area (Å²) in [6, 6.07) is -1.19. The van der Waals surface area contributed by atoms with Gasteiger partial charge in [0.25, 0.3) is 0 Å². The van der Waals surface area contributed by atoms with Gasteiger partial charge in [-0.25, -0.2) is 4.79 Å². The van der Waals surface area contributed by atoms with Crippen LogP contribution >= 0.6 is 0 Å². The number of likely N-dealkylation sites (N-methyl/N-ethyl adjacent to an activating group) is 1. The van der Waals surface area contributed by atoms with Crippen molar-refractivity contribution >= 4 is 11.9 Å². The lowest BCUT2D eigenvalue weighted by Gasteiger charge is -2.27. The standard InChI is InChI=1S/C11H16F3NO3/c1-4-5-8(10(17)18)15(3)9(16)7(2)6-11(12,13)14/h4,7-8H,1,5-6H2,2-3H3,(H,17,18)/t7?,8-/m0/s1. The van der Waals surface area contributed by atoms with Crippen LogP contribution in [0.25, 0.3) is 0 Å². The van der Waals surface area contributed by atoms with Gasteiger partial charge < -0.3 is 10.0 Å². The minimum absolute atomic E-state index is 0.0175. The number of carboxylic acids is 1. The van der Waals surface area contributed by atoms with E-state index in [0.29, 0.717) is 0 Å². The number of aliphatic carboxylic acids is 1. The smallest absolute Gasteiger partial charge is 0.389 e. The number of alkyl halides is 3. The molecule has 104 valence electrons. The summed E-state index contributed by atoms with van der Waals surface area (Å²) in [7, 11) is 1.18. The Morgan fingerprint density at radius 2 is 1.94 bits per heavy atom. The average Bonchev–Trinajstić information content (AvgIpc) is 2.21. The van der Waals surface area contributed by atoms with Crippen LogP contribution in [0.2, 0.25) is 0 Å². The first kappa shape index (κ1) is 16.5. The monoisotopic (exact) mass is 267 g/mol. The fraction of sp³-hybridized carbons (Fsp3) is 0.636. The second kappa shape index (κ2) is 6.42. The Kier molecular flexibility index (Phi) is 5.87. The number of halogens is 3. The highest BCUT2D eigenvalue weighted by Crippen LogP contribution is 2.26. The van der Waals surface area contributed by atoms with Crippen molar-refractivity contribution in [1.29, 1.82) is 0 Å². The molecule has 0 spiro atoms. The van der Waals surface area contributed by atoms with Crippen molar-refractivity contribution in [2.75, 3.05) is 7.05 Å². The Morgan fingerprint density at radius 3 is 2.28 bits per heavy atom. The van der Waals surface area contributed by atoms with Crippen molar-refractivity contribution in [3.8, 4) is 0 Å². The lowest BCUT2D eigenvalue weighted by atomic mass is 10.0. The van der Waals surface area contributed by atoms with Gasteiger partial charge in [0, 0.05) is 13.0 Å². The molecule has 0 aliphatic carbocycles. The summed E-state index contributed by atoms with van der Waals surface area (Å²) in [6.45, 7) is 4.47. The van der Waals surface area contributed by atoms with Gasteiger partial charge in [0.2, 0.25) is 5.91 Å². The van der Waals surface area contributed by atoms with E-state index in [1.807, 2.05) is 0 Å². The molecular weight excluding hydrogens is 251 g/mol. The highest BCUT2D eigenvalue weighted by molar-refractivity contribution is 5.84. The number of nitrogens with zero attached hydrogens (tertiary/aromatic N) is 1. The molecule has 0 radical (unpaired) electrons. The molecule has 2 atom stereocenters. The number of hydrogen-bond acceptors (Lipinski definition) is 2. The van der Waals surface area contributed by atoms with Crippen LogP contribution in [0.1, 0.15) is 19.8 Å². The second-order valence-corrected chi connectivity index (χ2v) is 4.05. The second-order valence-electron chi connectivity index (χ2n) is 4.05. The summed E-state index contributed by atoms with van der Waals surface area (Å²) in [4.78, 5) is 23.4. The third-order valence-electron chi connectivity index (χ3n) is 2.45. The first-order chi connectivity index (χ1) is 8.10. The van der Waals surface area contributed by atoms with E-state index in [9.17, 15) is 22.8 Å². The summed E-state index contributed by atoms with van der Waals surface area (Å²) >= 11 is 0. The van der Waals surface area contributed by atoms with Gasteiger partial charge in [-0.3, -0.25) is 4.79 Å². The van der Waals surface area contributed by atoms with Crippen LogP contribution in [-0.4, -0.2) is 41.1 Å². The maximum atomic E-state index is 12.1. The Labute approximate surface area is 103 Å². The van der Waals surface area contributed by atoms with Gasteiger partial charge in [0.15, 0.2) is 0 Å². The fourth-order valence-corrected chi connectivity index (χ4v) is 1.52. The van der Waals surface area contributed by atoms with Gasteiger partial charge in [-0.05, 0) is 6.42 Å². The van der Waals surface area contributed by atoms with Crippen LogP contribution in [-0.2, 0) is 9.59 Å². The van der Waals surface area contributed by atoms with Crippen molar-refractivity contribution in [3.05, 3.63) is 12.7 Å². The van der Waals surface area contributed by atoms with Gasteiger partial charge in [0.05, 0.1) is 6.42 Å². The van der Waals surface area contributed by atoms with Gasteiger partial charge >= 0.3 is 12.1 Å². The van der Waals surface area contributed by atoms with E-state index < -0.39 is 36.4 Å². The first-order valence-corrected chi connectivity index (χ1v) is 5.27. The van der Waals surface area contributed by atoms with Crippen LogP contribution in [0.4, 0.5) is 13.2 Å². The number of carbonyl (C=O) groups is 2. The molecule has 0 saturated heterocycles. The Morgan fingerprint density at radius 1 is 1.44 bits per heavy atom. The highest BCUT2D eigenvalue weighted by Gasteiger charge is 2.36. The van der Waals surface area contributed by atoms with Crippen LogP contribution in [0.15, 0.2) is 12.7 Å². The van der Waals surface area contributed by atoms with E-state index in [-0.39, 0.29) is 6.42 Å². The van der Waals surface area contributed by atoms with Crippen LogP contribution in [0.3, 0.4) is 0 Å². The number of carbonyl (C=O) groups excluding carboxylic acids is 1. The van der Waals surface area contributed by atoms with Crippen LogP contribution in [0, 0.1) is 5.92 Å². The van der Waals surface area contributed by atoms with Crippen molar-refractivity contribution in [1.82, 2.24) is 4.90 Å². The minimum Gasteiger partial charge on any atom is -0.480 e. The van der Waals surface area contributed by atoms with E-state index in [1.54, 1.807) is 0 Å². The van der Waals surface area contributed by atoms with Crippen molar-refractivity contribution in [2.24, 2.45) is 5.92 Å². The number of rotatable bonds is 6. The zero-order valence-corrected chi connectivity index (χ0v) is 10.2. The van der Waals surface area contributed by atoms with Crippen molar-refractivity contribution in [3.63, 3.8) is 0 Å². The zero-order valence-electron chi connectivity index (χ0n) is 10.2. The number of hydrogen-bond donors (Lipinski definition) is 1. The summed E-state index contributed by atoms with van der Waals surface area (Å²) < 4.78 is 36.4. The molecule has 0 aromatic carbocycles. The molecule has 0 aromatic heterocycles. The molecule has 0 rings (SSSR count). The number of carboxylic acid groups (broad SMARTS) is 1. The molecule has 0 aromatic rings. The summed E-state index contributed by atoms with van der Waals surface area (Å²) in [5.74, 6) is -3.42. The summed E-state index contributed by atoms with van der Waals surface area (Å²) in [5, 5.41) is 8.87. The molecule has 18 heavy (non-hydrogen) atoms. The van der Waals surface area contributed by atoms with Crippen molar-refractivity contribution < 1.29 is 27.9 Å². The van der Waals surface area contributed by atoms with Crippen LogP contribution < -0.4 is 0 Å². The minimum atomic E-state index is -4.45. The molecule has 0 fully saturated rings. The molecule has 0 heterocycles. The van der Waals surface area contributed by atoms with E-state index in [2.05, 4.69) is 6.58 Å². The lowest BCUT2D eigenvalue weighted by molar-refractivity contribution is -0.161. The van der Waals surface area contributed by atoms with Gasteiger partial charge in [-0.2, -0.15) is 13.2 Å². The predicted molar refractivity (Wildman–Crippen MR) is 58.8 cm³/mol. The maximum absolute atomic E-state index is 12.1. The van der Waals surface area contributed by atoms with E-state index in [4.69, 9.17) is 5.11 Å². The van der Waals surface area contributed by atoms with Crippen LogP contribution in [0.5, 0.6) is 0 Å². The molecule has 1 N–H and O–H groups in total. The van der Waals surface area contributed by atoms with E-state index in [0.717, 1.165) is 11.8 Å². The predicted octanol–water partition coefficient (Wildman–Crippen LogP) is 2.06. The molecule has 4 nitrogen and oxygen atoms in total. The number of amides is 1. The highest BCUT2D eigenvalue weighted by atomic mass is 19.4. The third kappa shape index (κ3) is 5.20. The Balaban J connectivity index is 4.74. The molecule has 7 heteroatoms. The maximum Gasteiger partial charge on any atom is 0.389 e. The fourth-order valence-electron chi connectivity index (χ4n) is 1.52. The zero-order chi connectivity index (χ0) is 14.5. The summed E-state index contributed by atoms with van der Waals surface area (Å²) in [5.41, 5.74) is 0. The SMILES string of the molecule is C=CC[C@@H](C(=O)O)N(C)C(=O)C(C)CC(F)(F)F. The van der Waals surface area contributed by atoms with Gasteiger partial charge in [0.1, 0.15) is 6.04 Å². The average molecular weight is 267 g/mol. The molecule has 0 bridgehead atoms. The molecule has 0 aliphatic heterocycles. The Hall–Kier alpha value is -1.53. The third-order valence-corrected chi connectivity index (χ3v) is 2.45. The first-order valence-electron chi connectivity index (χ1n) is 5.27. The molecule has 0 saturated carbocycles. The van der Waals surface area contributed by atoms with Gasteiger partial charge in [-0.1, -0.05) is 13.0 Å². The van der Waals surface area contributed by atoms with E-state index in [1.165, 1.54) is 13.1 Å². The molecule has 1 unspecified atom stereocenters. The topological polar surface area (TPSA) is 57.6 Å². The lowest BCUT2D eigenvalue weighted by Crippen LogP contribution is -2.45. The quantitative estimate of drug-likeness (QED) is 0.749. The van der Waals surface area contributed by atoms with Gasteiger partial charge in [-0.15, -0.1) is 6.58 Å². The molecule has 1 amide bonds. The summed E-state index contributed by atoms with van der Waals surface area (Å²) in [6.07, 6.45) is -4.43. The molecular formula is C11H16F3NO3. The van der Waals surface area contributed by atoms with E-state index >= 15 is 0 Å². The Bertz CT molecular complexity index is 328.